The van der Waals surface area contributed by atoms with Crippen LogP contribution in [0.2, 0.25) is 10.0 Å². The zero-order valence-corrected chi connectivity index (χ0v) is 25.3. The van der Waals surface area contributed by atoms with E-state index in [4.69, 9.17) is 37.7 Å². The monoisotopic (exact) mass is 621 g/mol. The number of pyridine rings is 1. The average Bonchev–Trinajstić information content (AvgIpc) is 3.00. The summed E-state index contributed by atoms with van der Waals surface area (Å²) in [4.78, 5) is 43.9. The number of rotatable bonds is 8. The second kappa shape index (κ2) is 13.0. The Labute approximate surface area is 258 Å². The number of hydrogen-bond acceptors (Lipinski definition) is 8. The molecule has 0 bridgehead atoms. The van der Waals surface area contributed by atoms with Crippen molar-refractivity contribution in [2.24, 2.45) is 7.05 Å². The van der Waals surface area contributed by atoms with Gasteiger partial charge in [-0.25, -0.2) is 9.67 Å². The second-order valence-corrected chi connectivity index (χ2v) is 10.8. The van der Waals surface area contributed by atoms with Gasteiger partial charge >= 0.3 is 0 Å². The molecular formula is C31H29Cl2N5O5. The number of halogens is 2. The highest BCUT2D eigenvalue weighted by Crippen LogP contribution is 2.41. The Morgan fingerprint density at radius 2 is 1.77 bits per heavy atom. The highest BCUT2D eigenvalue weighted by molar-refractivity contribution is 6.39. The van der Waals surface area contributed by atoms with Crippen LogP contribution in [0.1, 0.15) is 22.8 Å². The van der Waals surface area contributed by atoms with Gasteiger partial charge in [-0.2, -0.15) is 5.10 Å². The maximum atomic E-state index is 12.9. The summed E-state index contributed by atoms with van der Waals surface area (Å²) in [6, 6.07) is 15.9. The predicted molar refractivity (Wildman–Crippen MR) is 165 cm³/mol. The van der Waals surface area contributed by atoms with Crippen molar-refractivity contribution < 1.29 is 19.1 Å². The zero-order valence-electron chi connectivity index (χ0n) is 23.8. The lowest BCUT2D eigenvalue weighted by atomic mass is 10.00. The summed E-state index contributed by atoms with van der Waals surface area (Å²) in [6.45, 7) is 3.78. The number of anilines is 1. The number of amides is 1. The molecule has 2 aromatic heterocycles. The number of hydrogen-bond donors (Lipinski definition) is 1. The molecule has 4 aromatic rings. The number of Topliss-reactive ketones (excluding diaryl/α,β-unsaturated/α-hetero) is 1. The van der Waals surface area contributed by atoms with E-state index in [1.54, 1.807) is 25.3 Å². The van der Waals surface area contributed by atoms with Crippen molar-refractivity contribution >= 4 is 40.6 Å². The first-order valence-corrected chi connectivity index (χ1v) is 14.2. The third kappa shape index (κ3) is 6.47. The number of aromatic nitrogens is 3. The molecule has 1 fully saturated rings. The molecule has 5 rings (SSSR count). The fourth-order valence-corrected chi connectivity index (χ4v) is 5.49. The summed E-state index contributed by atoms with van der Waals surface area (Å²) in [5.74, 6) is -0.144. The van der Waals surface area contributed by atoms with E-state index in [2.05, 4.69) is 15.3 Å². The molecule has 0 aliphatic carbocycles. The van der Waals surface area contributed by atoms with Crippen LogP contribution in [0.15, 0.2) is 65.6 Å². The fourth-order valence-electron chi connectivity index (χ4n) is 4.89. The van der Waals surface area contributed by atoms with Crippen molar-refractivity contribution in [1.82, 2.24) is 19.7 Å². The normalized spacial score (nSPS) is 15.2. The SMILES string of the molecule is COc1nc(-c2cccc(-c3cccc(NC(=O)c4ccnn(C)c4=O)c3Cl)c2Cl)ccc1CN1CCO[C@@H](C(C)=O)C1. The summed E-state index contributed by atoms with van der Waals surface area (Å²) >= 11 is 13.7. The van der Waals surface area contributed by atoms with Crippen molar-refractivity contribution in [2.75, 3.05) is 32.1 Å². The molecule has 1 saturated heterocycles. The minimum absolute atomic E-state index is 0.00667. The molecule has 1 aliphatic heterocycles. The Balaban J connectivity index is 1.42. The van der Waals surface area contributed by atoms with Crippen LogP contribution in [-0.2, 0) is 23.1 Å². The number of carbonyl (C=O) groups excluding carboxylic acids is 2. The van der Waals surface area contributed by atoms with Gasteiger partial charge in [0.25, 0.3) is 11.5 Å². The maximum absolute atomic E-state index is 12.9. The lowest BCUT2D eigenvalue weighted by molar-refractivity contribution is -0.134. The van der Waals surface area contributed by atoms with Crippen molar-refractivity contribution in [2.45, 2.75) is 19.6 Å². The van der Waals surface area contributed by atoms with E-state index in [0.29, 0.717) is 65.2 Å². The van der Waals surface area contributed by atoms with Crippen molar-refractivity contribution in [3.63, 3.8) is 0 Å². The molecule has 3 heterocycles. The number of methoxy groups -OCH3 is 1. The van der Waals surface area contributed by atoms with E-state index in [1.165, 1.54) is 26.2 Å². The minimum Gasteiger partial charge on any atom is -0.481 e. The number of nitrogens with zero attached hydrogens (tertiary/aromatic N) is 4. The molecule has 0 unspecified atom stereocenters. The Kier molecular flexibility index (Phi) is 9.22. The van der Waals surface area contributed by atoms with E-state index in [0.717, 1.165) is 10.2 Å². The number of carbonyl (C=O) groups is 2. The molecule has 43 heavy (non-hydrogen) atoms. The number of ether oxygens (including phenoxy) is 2. The van der Waals surface area contributed by atoms with Crippen LogP contribution in [-0.4, -0.2) is 64.3 Å². The molecule has 1 atom stereocenters. The highest BCUT2D eigenvalue weighted by atomic mass is 35.5. The topological polar surface area (TPSA) is 116 Å². The zero-order chi connectivity index (χ0) is 30.7. The largest absolute Gasteiger partial charge is 0.481 e. The fraction of sp³-hybridized carbons (Fsp3) is 0.258. The molecule has 0 spiro atoms. The third-order valence-corrected chi connectivity index (χ3v) is 8.01. The van der Waals surface area contributed by atoms with E-state index in [9.17, 15) is 14.4 Å². The summed E-state index contributed by atoms with van der Waals surface area (Å²) in [5, 5.41) is 7.24. The first kappa shape index (κ1) is 30.4. The first-order chi connectivity index (χ1) is 20.7. The Morgan fingerprint density at radius 3 is 2.51 bits per heavy atom. The quantitative estimate of drug-likeness (QED) is 0.296. The number of ketones is 1. The molecular weight excluding hydrogens is 593 g/mol. The van der Waals surface area contributed by atoms with Crippen LogP contribution in [0, 0.1) is 0 Å². The van der Waals surface area contributed by atoms with Gasteiger partial charge < -0.3 is 14.8 Å². The Morgan fingerprint density at radius 1 is 1.05 bits per heavy atom. The van der Waals surface area contributed by atoms with Crippen LogP contribution in [0.25, 0.3) is 22.4 Å². The van der Waals surface area contributed by atoms with Gasteiger partial charge in [-0.15, -0.1) is 0 Å². The third-order valence-electron chi connectivity index (χ3n) is 7.19. The second-order valence-electron chi connectivity index (χ2n) is 10.0. The smallest absolute Gasteiger partial charge is 0.279 e. The number of morpholine rings is 1. The maximum Gasteiger partial charge on any atom is 0.279 e. The van der Waals surface area contributed by atoms with Crippen LogP contribution in [0.4, 0.5) is 5.69 Å². The average molecular weight is 623 g/mol. The molecule has 10 nitrogen and oxygen atoms in total. The minimum atomic E-state index is -0.604. The molecule has 1 N–H and O–H groups in total. The first-order valence-electron chi connectivity index (χ1n) is 13.5. The van der Waals surface area contributed by atoms with Gasteiger partial charge in [0.1, 0.15) is 11.7 Å². The summed E-state index contributed by atoms with van der Waals surface area (Å²) in [5.41, 5.74) is 3.10. The molecule has 2 aromatic carbocycles. The van der Waals surface area contributed by atoms with E-state index in [1.807, 2.05) is 30.3 Å². The van der Waals surface area contributed by atoms with Crippen molar-refractivity contribution in [3.05, 3.63) is 92.3 Å². The number of nitrogens with one attached hydrogen (secondary N) is 1. The lowest BCUT2D eigenvalue weighted by Crippen LogP contribution is -2.44. The van der Waals surface area contributed by atoms with Gasteiger partial charge in [0.15, 0.2) is 5.78 Å². The molecule has 12 heteroatoms. The van der Waals surface area contributed by atoms with Crippen LogP contribution < -0.4 is 15.6 Å². The molecule has 0 radical (unpaired) electrons. The lowest BCUT2D eigenvalue weighted by Gasteiger charge is -2.31. The molecule has 1 aliphatic rings. The van der Waals surface area contributed by atoms with Gasteiger partial charge in [-0.1, -0.05) is 59.6 Å². The van der Waals surface area contributed by atoms with Gasteiger partial charge in [-0.05, 0) is 25.1 Å². The van der Waals surface area contributed by atoms with Crippen molar-refractivity contribution in [3.8, 4) is 28.3 Å². The van der Waals surface area contributed by atoms with E-state index in [-0.39, 0.29) is 16.4 Å². The van der Waals surface area contributed by atoms with Crippen molar-refractivity contribution in [1.29, 1.82) is 0 Å². The van der Waals surface area contributed by atoms with Crippen LogP contribution in [0.5, 0.6) is 5.88 Å². The standard InChI is InChI=1S/C31H29Cl2N5O5/c1-18(39)26-17-38(14-15-43-26)16-19-10-11-24(36-30(19)42-3)22-8-4-6-20(27(22)32)21-7-5-9-25(28(21)33)35-29(40)23-12-13-34-37(2)31(23)41/h4-13,26H,14-17H2,1-3H3,(H,35,40)/t26-/m1/s1. The Bertz CT molecular complexity index is 1760. The van der Waals surface area contributed by atoms with Gasteiger partial charge in [0, 0.05) is 55.1 Å². The van der Waals surface area contributed by atoms with Gasteiger partial charge in [0.2, 0.25) is 5.88 Å². The Hall–Kier alpha value is -4.09. The molecule has 1 amide bonds. The summed E-state index contributed by atoms with van der Waals surface area (Å²) in [7, 11) is 3.03. The summed E-state index contributed by atoms with van der Waals surface area (Å²) < 4.78 is 12.3. The predicted octanol–water partition coefficient (Wildman–Crippen LogP) is 4.87. The van der Waals surface area contributed by atoms with Crippen LogP contribution in [0.3, 0.4) is 0 Å². The van der Waals surface area contributed by atoms with Gasteiger partial charge in [0.05, 0.1) is 35.1 Å². The van der Waals surface area contributed by atoms with Crippen LogP contribution >= 0.6 is 23.2 Å². The molecule has 0 saturated carbocycles. The van der Waals surface area contributed by atoms with E-state index < -0.39 is 17.6 Å². The molecule has 222 valence electrons. The highest BCUT2D eigenvalue weighted by Gasteiger charge is 2.25. The van der Waals surface area contributed by atoms with Gasteiger partial charge in [-0.3, -0.25) is 19.3 Å². The summed E-state index contributed by atoms with van der Waals surface area (Å²) in [6.07, 6.45) is 0.942. The number of benzene rings is 2. The van der Waals surface area contributed by atoms with E-state index >= 15 is 0 Å². The number of aryl methyl sites for hydroxylation is 1.